The Morgan fingerprint density at radius 3 is 2.60 bits per heavy atom. The van der Waals surface area contributed by atoms with Crippen LogP contribution in [0, 0.1) is 13.8 Å². The molecular formula is C16H15N3O. The van der Waals surface area contributed by atoms with Crippen LogP contribution in [0.3, 0.4) is 0 Å². The van der Waals surface area contributed by atoms with Crippen molar-refractivity contribution in [1.29, 1.82) is 0 Å². The maximum absolute atomic E-state index is 12.2. The fraction of sp³-hybridized carbons (Fsp3) is 0.125. The topological polar surface area (TPSA) is 46.4 Å². The van der Waals surface area contributed by atoms with Crippen LogP contribution in [0.25, 0.3) is 5.65 Å². The van der Waals surface area contributed by atoms with E-state index in [1.54, 1.807) is 6.20 Å². The molecule has 1 amide bonds. The highest BCUT2D eigenvalue weighted by molar-refractivity contribution is 6.04. The zero-order valence-electron chi connectivity index (χ0n) is 11.4. The number of aromatic nitrogens is 2. The Morgan fingerprint density at radius 2 is 1.85 bits per heavy atom. The molecule has 2 aromatic heterocycles. The molecule has 20 heavy (non-hydrogen) atoms. The van der Waals surface area contributed by atoms with Gasteiger partial charge in [-0.1, -0.05) is 17.7 Å². The molecular weight excluding hydrogens is 250 g/mol. The van der Waals surface area contributed by atoms with Crippen molar-refractivity contribution in [3.8, 4) is 0 Å². The van der Waals surface area contributed by atoms with E-state index in [2.05, 4.69) is 10.3 Å². The lowest BCUT2D eigenvalue weighted by Gasteiger charge is -2.10. The number of benzene rings is 1. The number of rotatable bonds is 2. The maximum atomic E-state index is 12.2. The van der Waals surface area contributed by atoms with Crippen molar-refractivity contribution in [3.63, 3.8) is 0 Å². The summed E-state index contributed by atoms with van der Waals surface area (Å²) in [5.41, 5.74) is 4.41. The van der Waals surface area contributed by atoms with Crippen molar-refractivity contribution in [2.24, 2.45) is 0 Å². The average Bonchev–Trinajstić information content (AvgIpc) is 2.92. The van der Waals surface area contributed by atoms with E-state index in [0.717, 1.165) is 22.6 Å². The molecule has 0 aliphatic carbocycles. The minimum Gasteiger partial charge on any atom is -0.320 e. The van der Waals surface area contributed by atoms with E-state index in [9.17, 15) is 4.79 Å². The van der Waals surface area contributed by atoms with Crippen LogP contribution in [0.15, 0.2) is 48.8 Å². The highest BCUT2D eigenvalue weighted by Gasteiger charge is 2.09. The number of carbonyl (C=O) groups is 1. The van der Waals surface area contributed by atoms with E-state index in [0.29, 0.717) is 5.56 Å². The van der Waals surface area contributed by atoms with Gasteiger partial charge in [-0.3, -0.25) is 4.79 Å². The Balaban J connectivity index is 1.90. The maximum Gasteiger partial charge on any atom is 0.255 e. The van der Waals surface area contributed by atoms with Crippen LogP contribution in [0.5, 0.6) is 0 Å². The molecule has 3 rings (SSSR count). The van der Waals surface area contributed by atoms with Crippen LogP contribution in [0.1, 0.15) is 21.6 Å². The van der Waals surface area contributed by atoms with Crippen molar-refractivity contribution >= 4 is 17.2 Å². The quantitative estimate of drug-likeness (QED) is 0.773. The number of carbonyl (C=O) groups excluding carboxylic acids is 1. The molecule has 3 aromatic rings. The number of hydrogen-bond donors (Lipinski definition) is 1. The zero-order chi connectivity index (χ0) is 14.1. The van der Waals surface area contributed by atoms with Gasteiger partial charge in [0.1, 0.15) is 5.65 Å². The second-order valence-corrected chi connectivity index (χ2v) is 4.81. The number of fused-ring (bicyclic) bond motifs is 1. The molecule has 0 aliphatic heterocycles. The van der Waals surface area contributed by atoms with Crippen LogP contribution >= 0.6 is 0 Å². The van der Waals surface area contributed by atoms with E-state index < -0.39 is 0 Å². The Kier molecular flexibility index (Phi) is 2.99. The number of pyridine rings is 1. The molecule has 0 unspecified atom stereocenters. The Labute approximate surface area is 117 Å². The minimum absolute atomic E-state index is 0.104. The van der Waals surface area contributed by atoms with Gasteiger partial charge in [0.15, 0.2) is 0 Å². The lowest BCUT2D eigenvalue weighted by molar-refractivity contribution is 0.102. The second kappa shape index (κ2) is 4.81. The Hall–Kier alpha value is -2.62. The van der Waals surface area contributed by atoms with Gasteiger partial charge in [-0.25, -0.2) is 4.98 Å². The summed E-state index contributed by atoms with van der Waals surface area (Å²) < 4.78 is 1.95. The monoisotopic (exact) mass is 265 g/mol. The summed E-state index contributed by atoms with van der Waals surface area (Å²) in [4.78, 5) is 16.4. The summed E-state index contributed by atoms with van der Waals surface area (Å²) in [6.07, 6.45) is 3.63. The van der Waals surface area contributed by atoms with Crippen molar-refractivity contribution < 1.29 is 4.79 Å². The number of hydrogen-bond acceptors (Lipinski definition) is 2. The molecule has 0 fully saturated rings. The van der Waals surface area contributed by atoms with Crippen LogP contribution in [-0.2, 0) is 0 Å². The zero-order valence-corrected chi connectivity index (χ0v) is 11.4. The van der Waals surface area contributed by atoms with Crippen LogP contribution < -0.4 is 5.32 Å². The van der Waals surface area contributed by atoms with Crippen molar-refractivity contribution in [2.45, 2.75) is 13.8 Å². The first-order valence-electron chi connectivity index (χ1n) is 6.46. The molecule has 0 aliphatic rings. The summed E-state index contributed by atoms with van der Waals surface area (Å²) in [6, 6.07) is 11.3. The van der Waals surface area contributed by atoms with Crippen LogP contribution in [0.2, 0.25) is 0 Å². The van der Waals surface area contributed by atoms with Crippen LogP contribution in [0.4, 0.5) is 5.69 Å². The molecule has 1 aromatic carbocycles. The number of nitrogens with one attached hydrogen (secondary N) is 1. The molecule has 1 N–H and O–H groups in total. The molecule has 0 saturated heterocycles. The lowest BCUT2D eigenvalue weighted by Crippen LogP contribution is -2.13. The average molecular weight is 265 g/mol. The van der Waals surface area contributed by atoms with Gasteiger partial charge in [0.2, 0.25) is 0 Å². The number of imidazole rings is 1. The predicted octanol–water partition coefficient (Wildman–Crippen LogP) is 3.20. The van der Waals surface area contributed by atoms with E-state index in [-0.39, 0.29) is 5.91 Å². The largest absolute Gasteiger partial charge is 0.320 e. The van der Waals surface area contributed by atoms with E-state index in [4.69, 9.17) is 0 Å². The molecule has 0 atom stereocenters. The van der Waals surface area contributed by atoms with Crippen LogP contribution in [-0.4, -0.2) is 15.3 Å². The molecule has 0 spiro atoms. The highest BCUT2D eigenvalue weighted by Crippen LogP contribution is 2.17. The van der Waals surface area contributed by atoms with Gasteiger partial charge in [-0.05, 0) is 38.1 Å². The SMILES string of the molecule is Cc1ccc(C(=O)Nc2ccc3nccn3c2C)cc1. The van der Waals surface area contributed by atoms with Gasteiger partial charge in [0, 0.05) is 23.7 Å². The third kappa shape index (κ3) is 2.16. The summed E-state index contributed by atoms with van der Waals surface area (Å²) in [6.45, 7) is 3.96. The number of anilines is 1. The summed E-state index contributed by atoms with van der Waals surface area (Å²) >= 11 is 0. The predicted molar refractivity (Wildman–Crippen MR) is 79.1 cm³/mol. The molecule has 4 heteroatoms. The third-order valence-electron chi connectivity index (χ3n) is 3.38. The first-order valence-corrected chi connectivity index (χ1v) is 6.46. The number of nitrogens with zero attached hydrogens (tertiary/aromatic N) is 2. The summed E-state index contributed by atoms with van der Waals surface area (Å²) in [5.74, 6) is -0.104. The Bertz CT molecular complexity index is 772. The smallest absolute Gasteiger partial charge is 0.255 e. The third-order valence-corrected chi connectivity index (χ3v) is 3.38. The molecule has 0 radical (unpaired) electrons. The van der Waals surface area contributed by atoms with E-state index in [1.807, 2.05) is 60.8 Å². The molecule has 0 bridgehead atoms. The number of amides is 1. The Morgan fingerprint density at radius 1 is 1.10 bits per heavy atom. The lowest BCUT2D eigenvalue weighted by atomic mass is 10.1. The highest BCUT2D eigenvalue weighted by atomic mass is 16.1. The molecule has 0 saturated carbocycles. The van der Waals surface area contributed by atoms with Crippen molar-refractivity contribution in [3.05, 3.63) is 65.6 Å². The normalized spacial score (nSPS) is 10.7. The molecule has 2 heterocycles. The van der Waals surface area contributed by atoms with Crippen molar-refractivity contribution in [1.82, 2.24) is 9.38 Å². The van der Waals surface area contributed by atoms with Gasteiger partial charge in [-0.2, -0.15) is 0 Å². The summed E-state index contributed by atoms with van der Waals surface area (Å²) in [7, 11) is 0. The van der Waals surface area contributed by atoms with Crippen molar-refractivity contribution in [2.75, 3.05) is 5.32 Å². The first-order chi connectivity index (χ1) is 9.65. The standard InChI is InChI=1S/C16H15N3O/c1-11-3-5-13(6-4-11)16(20)18-14-7-8-15-17-9-10-19(15)12(14)2/h3-10H,1-2H3,(H,18,20). The van der Waals surface area contributed by atoms with E-state index >= 15 is 0 Å². The fourth-order valence-electron chi connectivity index (χ4n) is 2.16. The molecule has 100 valence electrons. The van der Waals surface area contributed by atoms with Gasteiger partial charge >= 0.3 is 0 Å². The van der Waals surface area contributed by atoms with Gasteiger partial charge in [0.25, 0.3) is 5.91 Å². The molecule has 4 nitrogen and oxygen atoms in total. The van der Waals surface area contributed by atoms with Gasteiger partial charge < -0.3 is 9.72 Å². The van der Waals surface area contributed by atoms with Gasteiger partial charge in [-0.15, -0.1) is 0 Å². The van der Waals surface area contributed by atoms with Gasteiger partial charge in [0.05, 0.1) is 5.69 Å². The summed E-state index contributed by atoms with van der Waals surface area (Å²) in [5, 5.41) is 2.94. The fourth-order valence-corrected chi connectivity index (χ4v) is 2.16. The first kappa shape index (κ1) is 12.4. The second-order valence-electron chi connectivity index (χ2n) is 4.81. The minimum atomic E-state index is -0.104. The number of aryl methyl sites for hydroxylation is 2. The van der Waals surface area contributed by atoms with E-state index in [1.165, 1.54) is 0 Å².